The Labute approximate surface area is 125 Å². The molecule has 1 aromatic carbocycles. The SMILES string of the molecule is CNC(Cc1ccc(OC)nc1)c1c(C)cc(C)cc1F. The van der Waals surface area contributed by atoms with E-state index in [0.717, 1.165) is 22.3 Å². The van der Waals surface area contributed by atoms with E-state index in [-0.39, 0.29) is 11.9 Å². The second-order valence-electron chi connectivity index (χ2n) is 5.23. The molecule has 3 nitrogen and oxygen atoms in total. The maximum atomic E-state index is 14.3. The lowest BCUT2D eigenvalue weighted by atomic mass is 9.94. The molecule has 4 heteroatoms. The molecule has 21 heavy (non-hydrogen) atoms. The molecule has 2 rings (SSSR count). The molecule has 0 fully saturated rings. The van der Waals surface area contributed by atoms with E-state index in [1.54, 1.807) is 19.4 Å². The fraction of sp³-hybridized carbons (Fsp3) is 0.353. The van der Waals surface area contributed by atoms with Crippen LogP contribution < -0.4 is 10.1 Å². The molecule has 1 unspecified atom stereocenters. The number of halogens is 1. The highest BCUT2D eigenvalue weighted by Crippen LogP contribution is 2.25. The molecular weight excluding hydrogens is 267 g/mol. The number of hydrogen-bond acceptors (Lipinski definition) is 3. The summed E-state index contributed by atoms with van der Waals surface area (Å²) in [7, 11) is 3.43. The highest BCUT2D eigenvalue weighted by Gasteiger charge is 2.17. The second kappa shape index (κ2) is 6.68. The highest BCUT2D eigenvalue weighted by atomic mass is 19.1. The molecule has 0 amide bonds. The van der Waals surface area contributed by atoms with Gasteiger partial charge in [0.05, 0.1) is 7.11 Å². The first-order valence-electron chi connectivity index (χ1n) is 6.98. The molecule has 1 N–H and O–H groups in total. The summed E-state index contributed by atoms with van der Waals surface area (Å²) >= 11 is 0. The van der Waals surface area contributed by atoms with Crippen LogP contribution in [0.2, 0.25) is 0 Å². The van der Waals surface area contributed by atoms with Gasteiger partial charge in [-0.05, 0) is 50.1 Å². The monoisotopic (exact) mass is 288 g/mol. The van der Waals surface area contributed by atoms with Gasteiger partial charge in [-0.1, -0.05) is 12.1 Å². The van der Waals surface area contributed by atoms with Gasteiger partial charge >= 0.3 is 0 Å². The van der Waals surface area contributed by atoms with Crippen molar-refractivity contribution in [1.82, 2.24) is 10.3 Å². The van der Waals surface area contributed by atoms with Crippen molar-refractivity contribution < 1.29 is 9.13 Å². The van der Waals surface area contributed by atoms with Crippen molar-refractivity contribution in [2.75, 3.05) is 14.2 Å². The third-order valence-electron chi connectivity index (χ3n) is 3.62. The van der Waals surface area contributed by atoms with Crippen molar-refractivity contribution in [3.05, 3.63) is 58.5 Å². The normalized spacial score (nSPS) is 12.2. The molecule has 1 atom stereocenters. The van der Waals surface area contributed by atoms with Gasteiger partial charge in [-0.2, -0.15) is 0 Å². The number of rotatable bonds is 5. The Hall–Kier alpha value is -1.94. The first-order chi connectivity index (χ1) is 10.0. The van der Waals surface area contributed by atoms with E-state index in [2.05, 4.69) is 10.3 Å². The molecule has 0 saturated carbocycles. The number of likely N-dealkylation sites (N-methyl/N-ethyl adjacent to an activating group) is 1. The van der Waals surface area contributed by atoms with Crippen LogP contribution in [0.5, 0.6) is 5.88 Å². The summed E-state index contributed by atoms with van der Waals surface area (Å²) < 4.78 is 19.3. The van der Waals surface area contributed by atoms with Gasteiger partial charge < -0.3 is 10.1 Å². The Morgan fingerprint density at radius 1 is 1.29 bits per heavy atom. The van der Waals surface area contributed by atoms with E-state index in [1.165, 1.54) is 0 Å². The minimum atomic E-state index is -0.159. The Bertz CT molecular complexity index is 588. The van der Waals surface area contributed by atoms with Crippen molar-refractivity contribution in [2.24, 2.45) is 0 Å². The second-order valence-corrected chi connectivity index (χ2v) is 5.23. The van der Waals surface area contributed by atoms with Gasteiger partial charge in [0.2, 0.25) is 5.88 Å². The van der Waals surface area contributed by atoms with Gasteiger partial charge in [-0.3, -0.25) is 0 Å². The fourth-order valence-electron chi connectivity index (χ4n) is 2.60. The molecule has 0 aliphatic carbocycles. The molecule has 0 bridgehead atoms. The quantitative estimate of drug-likeness (QED) is 0.916. The minimum absolute atomic E-state index is 0.0826. The average molecular weight is 288 g/mol. The Morgan fingerprint density at radius 2 is 2.05 bits per heavy atom. The first-order valence-corrected chi connectivity index (χ1v) is 6.98. The largest absolute Gasteiger partial charge is 0.481 e. The van der Waals surface area contributed by atoms with E-state index in [9.17, 15) is 4.39 Å². The topological polar surface area (TPSA) is 34.1 Å². The maximum Gasteiger partial charge on any atom is 0.212 e. The fourth-order valence-corrected chi connectivity index (χ4v) is 2.60. The molecular formula is C17H21FN2O. The van der Waals surface area contributed by atoms with E-state index in [0.29, 0.717) is 12.3 Å². The number of pyridine rings is 1. The lowest BCUT2D eigenvalue weighted by Gasteiger charge is -2.20. The van der Waals surface area contributed by atoms with Gasteiger partial charge in [-0.15, -0.1) is 0 Å². The predicted octanol–water partition coefficient (Wildman–Crippen LogP) is 3.35. The van der Waals surface area contributed by atoms with Crippen LogP contribution in [0.15, 0.2) is 30.5 Å². The van der Waals surface area contributed by atoms with Gasteiger partial charge in [0, 0.05) is 23.9 Å². The first kappa shape index (κ1) is 15.4. The number of aromatic nitrogens is 1. The highest BCUT2D eigenvalue weighted by molar-refractivity contribution is 5.35. The average Bonchev–Trinajstić information content (AvgIpc) is 2.45. The number of nitrogens with zero attached hydrogens (tertiary/aromatic N) is 1. The third-order valence-corrected chi connectivity index (χ3v) is 3.62. The summed E-state index contributed by atoms with van der Waals surface area (Å²) in [6.07, 6.45) is 2.44. The Kier molecular flexibility index (Phi) is 4.91. The van der Waals surface area contributed by atoms with Crippen LogP contribution in [0.25, 0.3) is 0 Å². The number of ether oxygens (including phenoxy) is 1. The molecule has 0 aliphatic heterocycles. The summed E-state index contributed by atoms with van der Waals surface area (Å²) in [6.45, 7) is 3.85. The van der Waals surface area contributed by atoms with Crippen LogP contribution in [0.3, 0.4) is 0 Å². The molecule has 2 aromatic rings. The summed E-state index contributed by atoms with van der Waals surface area (Å²) in [4.78, 5) is 4.19. The number of benzene rings is 1. The summed E-state index contributed by atoms with van der Waals surface area (Å²) in [5.74, 6) is 0.422. The van der Waals surface area contributed by atoms with Crippen LogP contribution in [-0.4, -0.2) is 19.1 Å². The summed E-state index contributed by atoms with van der Waals surface area (Å²) in [5.41, 5.74) is 3.66. The van der Waals surface area contributed by atoms with Gasteiger partial charge in [-0.25, -0.2) is 9.37 Å². The van der Waals surface area contributed by atoms with E-state index in [1.807, 2.05) is 39.1 Å². The van der Waals surface area contributed by atoms with Crippen molar-refractivity contribution in [1.29, 1.82) is 0 Å². The maximum absolute atomic E-state index is 14.3. The third kappa shape index (κ3) is 3.58. The van der Waals surface area contributed by atoms with Crippen LogP contribution in [0.4, 0.5) is 4.39 Å². The van der Waals surface area contributed by atoms with E-state index >= 15 is 0 Å². The van der Waals surface area contributed by atoms with Crippen molar-refractivity contribution in [3.63, 3.8) is 0 Å². The van der Waals surface area contributed by atoms with Crippen LogP contribution in [-0.2, 0) is 6.42 Å². The lowest BCUT2D eigenvalue weighted by molar-refractivity contribution is 0.397. The van der Waals surface area contributed by atoms with Crippen molar-refractivity contribution in [2.45, 2.75) is 26.3 Å². The number of hydrogen-bond donors (Lipinski definition) is 1. The number of nitrogens with one attached hydrogen (secondary N) is 1. The van der Waals surface area contributed by atoms with Crippen molar-refractivity contribution in [3.8, 4) is 5.88 Å². The predicted molar refractivity (Wildman–Crippen MR) is 82.2 cm³/mol. The van der Waals surface area contributed by atoms with Crippen molar-refractivity contribution >= 4 is 0 Å². The molecule has 0 spiro atoms. The Balaban J connectivity index is 2.27. The van der Waals surface area contributed by atoms with E-state index < -0.39 is 0 Å². The minimum Gasteiger partial charge on any atom is -0.481 e. The number of aryl methyl sites for hydroxylation is 2. The van der Waals surface area contributed by atoms with Gasteiger partial charge in [0.25, 0.3) is 0 Å². The van der Waals surface area contributed by atoms with Gasteiger partial charge in [0.1, 0.15) is 5.82 Å². The molecule has 0 radical (unpaired) electrons. The van der Waals surface area contributed by atoms with Gasteiger partial charge in [0.15, 0.2) is 0 Å². The zero-order valence-corrected chi connectivity index (χ0v) is 12.9. The summed E-state index contributed by atoms with van der Waals surface area (Å²) in [6, 6.07) is 7.28. The van der Waals surface area contributed by atoms with Crippen LogP contribution in [0.1, 0.15) is 28.3 Å². The molecule has 1 heterocycles. The smallest absolute Gasteiger partial charge is 0.212 e. The Morgan fingerprint density at radius 3 is 2.57 bits per heavy atom. The zero-order valence-electron chi connectivity index (χ0n) is 12.9. The molecule has 0 saturated heterocycles. The van der Waals surface area contributed by atoms with Crippen LogP contribution >= 0.6 is 0 Å². The molecule has 1 aromatic heterocycles. The standard InChI is InChI=1S/C17H21FN2O/c1-11-7-12(2)17(14(18)8-11)15(19-3)9-13-5-6-16(21-4)20-10-13/h5-8,10,15,19H,9H2,1-4H3. The molecule has 0 aliphatic rings. The number of methoxy groups -OCH3 is 1. The zero-order chi connectivity index (χ0) is 15.4. The van der Waals surface area contributed by atoms with Crippen LogP contribution in [0, 0.1) is 19.7 Å². The summed E-state index contributed by atoms with van der Waals surface area (Å²) in [5, 5.41) is 3.20. The lowest BCUT2D eigenvalue weighted by Crippen LogP contribution is -2.21. The van der Waals surface area contributed by atoms with E-state index in [4.69, 9.17) is 4.74 Å². The molecule has 112 valence electrons.